The van der Waals surface area contributed by atoms with Gasteiger partial charge in [-0.2, -0.15) is 0 Å². The zero-order valence-electron chi connectivity index (χ0n) is 15.2. The van der Waals surface area contributed by atoms with Crippen LogP contribution in [0.1, 0.15) is 29.2 Å². The lowest BCUT2D eigenvalue weighted by molar-refractivity contribution is 1.03. The zero-order chi connectivity index (χ0) is 18.1. The molecule has 4 rings (SSSR count). The van der Waals surface area contributed by atoms with Crippen molar-refractivity contribution in [1.29, 1.82) is 0 Å². The van der Waals surface area contributed by atoms with Crippen molar-refractivity contribution < 1.29 is 0 Å². The Morgan fingerprint density at radius 2 is 1.69 bits per heavy atom. The molecule has 1 aliphatic heterocycles. The van der Waals surface area contributed by atoms with Crippen LogP contribution in [0.25, 0.3) is 22.0 Å². The van der Waals surface area contributed by atoms with Gasteiger partial charge in [0.15, 0.2) is 0 Å². The SMILES string of the molecule is C/C(=C1/N=CC(c2ccc(C)cc2)=CN1)c1ccnc2cc(C)ccc12. The number of rotatable bonds is 2. The van der Waals surface area contributed by atoms with Crippen LogP contribution in [0.5, 0.6) is 0 Å². The number of allylic oxidation sites excluding steroid dienone is 2. The average Bonchev–Trinajstić information content (AvgIpc) is 2.67. The molecule has 3 heteroatoms. The molecule has 0 unspecified atom stereocenters. The highest BCUT2D eigenvalue weighted by molar-refractivity contribution is 6.11. The molecule has 0 bridgehead atoms. The second-order valence-electron chi connectivity index (χ2n) is 6.72. The number of benzene rings is 2. The molecule has 0 aliphatic carbocycles. The third-order valence-corrected chi connectivity index (χ3v) is 4.74. The topological polar surface area (TPSA) is 37.3 Å². The molecule has 0 saturated carbocycles. The van der Waals surface area contributed by atoms with Crippen LogP contribution in [0.2, 0.25) is 0 Å². The Balaban J connectivity index is 1.69. The van der Waals surface area contributed by atoms with Crippen LogP contribution in [0.4, 0.5) is 0 Å². The molecule has 0 spiro atoms. The number of hydrogen-bond acceptors (Lipinski definition) is 3. The Kier molecular flexibility index (Phi) is 4.13. The summed E-state index contributed by atoms with van der Waals surface area (Å²) in [4.78, 5) is 9.16. The lowest BCUT2D eigenvalue weighted by Crippen LogP contribution is -2.11. The van der Waals surface area contributed by atoms with Crippen molar-refractivity contribution in [3.63, 3.8) is 0 Å². The van der Waals surface area contributed by atoms with E-state index < -0.39 is 0 Å². The van der Waals surface area contributed by atoms with Gasteiger partial charge in [-0.25, -0.2) is 4.99 Å². The summed E-state index contributed by atoms with van der Waals surface area (Å²) in [5.74, 6) is 0.869. The van der Waals surface area contributed by atoms with Gasteiger partial charge in [-0.3, -0.25) is 4.98 Å². The monoisotopic (exact) mass is 339 g/mol. The maximum absolute atomic E-state index is 4.67. The average molecular weight is 339 g/mol. The Morgan fingerprint density at radius 1 is 0.923 bits per heavy atom. The van der Waals surface area contributed by atoms with Gasteiger partial charge in [0.1, 0.15) is 5.82 Å². The molecule has 0 atom stereocenters. The summed E-state index contributed by atoms with van der Waals surface area (Å²) in [5, 5.41) is 4.50. The summed E-state index contributed by atoms with van der Waals surface area (Å²) in [6, 6.07) is 16.9. The van der Waals surface area contributed by atoms with Crippen LogP contribution >= 0.6 is 0 Å². The number of pyridine rings is 1. The van der Waals surface area contributed by atoms with Crippen molar-refractivity contribution in [3.05, 3.63) is 89.0 Å². The van der Waals surface area contributed by atoms with Crippen molar-refractivity contribution in [2.75, 3.05) is 0 Å². The van der Waals surface area contributed by atoms with Gasteiger partial charge in [-0.05, 0) is 55.2 Å². The first-order valence-electron chi connectivity index (χ1n) is 8.76. The molecule has 2 aromatic carbocycles. The molecule has 0 fully saturated rings. The first-order chi connectivity index (χ1) is 12.6. The van der Waals surface area contributed by atoms with Gasteiger partial charge in [-0.1, -0.05) is 42.0 Å². The van der Waals surface area contributed by atoms with Crippen LogP contribution in [0.3, 0.4) is 0 Å². The molecule has 1 N–H and O–H groups in total. The van der Waals surface area contributed by atoms with Crippen LogP contribution in [-0.4, -0.2) is 11.2 Å². The molecular weight excluding hydrogens is 318 g/mol. The maximum Gasteiger partial charge on any atom is 0.133 e. The number of aryl methyl sites for hydroxylation is 2. The van der Waals surface area contributed by atoms with E-state index in [1.165, 1.54) is 11.1 Å². The maximum atomic E-state index is 4.67. The second kappa shape index (κ2) is 6.60. The summed E-state index contributed by atoms with van der Waals surface area (Å²) in [6.07, 6.45) is 5.80. The Morgan fingerprint density at radius 3 is 2.42 bits per heavy atom. The summed E-state index contributed by atoms with van der Waals surface area (Å²) in [7, 11) is 0. The smallest absolute Gasteiger partial charge is 0.133 e. The van der Waals surface area contributed by atoms with Crippen LogP contribution in [0.15, 0.2) is 71.7 Å². The van der Waals surface area contributed by atoms with Gasteiger partial charge in [-0.15, -0.1) is 0 Å². The molecule has 1 aromatic heterocycles. The Bertz CT molecular complexity index is 1070. The molecule has 3 nitrogen and oxygen atoms in total. The van der Waals surface area contributed by atoms with E-state index in [4.69, 9.17) is 0 Å². The first kappa shape index (κ1) is 16.3. The van der Waals surface area contributed by atoms with E-state index in [1.54, 1.807) is 0 Å². The number of aliphatic imine (C=N–C) groups is 1. The van der Waals surface area contributed by atoms with Crippen molar-refractivity contribution in [1.82, 2.24) is 10.3 Å². The minimum Gasteiger partial charge on any atom is -0.346 e. The van der Waals surface area contributed by atoms with Crippen molar-refractivity contribution in [3.8, 4) is 0 Å². The predicted molar refractivity (Wildman–Crippen MR) is 110 cm³/mol. The molecule has 2 heterocycles. The fourth-order valence-corrected chi connectivity index (χ4v) is 3.18. The highest BCUT2D eigenvalue weighted by Gasteiger charge is 2.11. The molecule has 0 saturated heterocycles. The van der Waals surface area contributed by atoms with Crippen molar-refractivity contribution in [2.45, 2.75) is 20.8 Å². The number of nitrogens with zero attached hydrogens (tertiary/aromatic N) is 2. The third-order valence-electron chi connectivity index (χ3n) is 4.74. The zero-order valence-corrected chi connectivity index (χ0v) is 15.2. The van der Waals surface area contributed by atoms with E-state index in [0.717, 1.165) is 39.0 Å². The van der Waals surface area contributed by atoms with Gasteiger partial charge in [0.05, 0.1) is 5.52 Å². The quantitative estimate of drug-likeness (QED) is 0.692. The van der Waals surface area contributed by atoms with Gasteiger partial charge >= 0.3 is 0 Å². The summed E-state index contributed by atoms with van der Waals surface area (Å²) in [5.41, 5.74) is 7.99. The first-order valence-corrected chi connectivity index (χ1v) is 8.76. The number of fused-ring (bicyclic) bond motifs is 1. The van der Waals surface area contributed by atoms with Crippen molar-refractivity contribution in [2.24, 2.45) is 4.99 Å². The fourth-order valence-electron chi connectivity index (χ4n) is 3.18. The number of nitrogens with one attached hydrogen (secondary N) is 1. The molecular formula is C23H21N3. The number of aromatic nitrogens is 1. The van der Waals surface area contributed by atoms with E-state index in [-0.39, 0.29) is 0 Å². The van der Waals surface area contributed by atoms with Gasteiger partial charge in [0.2, 0.25) is 0 Å². The lowest BCUT2D eigenvalue weighted by Gasteiger charge is -2.15. The highest BCUT2D eigenvalue weighted by atomic mass is 15.0. The molecule has 128 valence electrons. The van der Waals surface area contributed by atoms with Gasteiger partial charge in [0.25, 0.3) is 0 Å². The lowest BCUT2D eigenvalue weighted by atomic mass is 10.0. The van der Waals surface area contributed by atoms with E-state index >= 15 is 0 Å². The Hall–Kier alpha value is -3.20. The highest BCUT2D eigenvalue weighted by Crippen LogP contribution is 2.27. The molecule has 0 amide bonds. The van der Waals surface area contributed by atoms with E-state index in [0.29, 0.717) is 0 Å². The summed E-state index contributed by atoms with van der Waals surface area (Å²) in [6.45, 7) is 6.28. The fraction of sp³-hybridized carbons (Fsp3) is 0.130. The Labute approximate surface area is 153 Å². The van der Waals surface area contributed by atoms with Crippen molar-refractivity contribution >= 4 is 28.3 Å². The second-order valence-corrected chi connectivity index (χ2v) is 6.72. The van der Waals surface area contributed by atoms with Crippen LogP contribution in [0, 0.1) is 13.8 Å². The minimum atomic E-state index is 0.869. The van der Waals surface area contributed by atoms with Gasteiger partial charge in [0, 0.05) is 29.6 Å². The molecule has 26 heavy (non-hydrogen) atoms. The molecule has 0 radical (unpaired) electrons. The van der Waals surface area contributed by atoms with Gasteiger partial charge < -0.3 is 5.32 Å². The number of hydrogen-bond donors (Lipinski definition) is 1. The summed E-state index contributed by atoms with van der Waals surface area (Å²) < 4.78 is 0. The normalized spacial score (nSPS) is 15.6. The summed E-state index contributed by atoms with van der Waals surface area (Å²) >= 11 is 0. The largest absolute Gasteiger partial charge is 0.346 e. The minimum absolute atomic E-state index is 0.869. The third kappa shape index (κ3) is 3.04. The van der Waals surface area contributed by atoms with Crippen LogP contribution < -0.4 is 5.32 Å². The van der Waals surface area contributed by atoms with E-state index in [1.807, 2.05) is 18.6 Å². The van der Waals surface area contributed by atoms with Crippen LogP contribution in [-0.2, 0) is 0 Å². The predicted octanol–water partition coefficient (Wildman–Crippen LogP) is 5.26. The van der Waals surface area contributed by atoms with E-state index in [9.17, 15) is 0 Å². The molecule has 3 aromatic rings. The molecule has 1 aliphatic rings. The standard InChI is InChI=1S/C23H21N3/c1-15-4-7-18(8-5-15)19-13-25-23(26-14-19)17(3)20-10-11-24-22-12-16(2)6-9-21(20)22/h4-14,25H,1-3H3/b23-17-. The van der Waals surface area contributed by atoms with E-state index in [2.05, 4.69) is 84.6 Å².